The van der Waals surface area contributed by atoms with Gasteiger partial charge in [-0.3, -0.25) is 4.90 Å². The maximum atomic E-state index is 5.67. The molecule has 138 valence electrons. The first-order valence-electron chi connectivity index (χ1n) is 8.33. The number of rotatable bonds is 7. The van der Waals surface area contributed by atoms with E-state index in [1.807, 2.05) is 18.2 Å². The van der Waals surface area contributed by atoms with Gasteiger partial charge in [0.15, 0.2) is 0 Å². The van der Waals surface area contributed by atoms with Gasteiger partial charge in [0.1, 0.15) is 5.75 Å². The van der Waals surface area contributed by atoms with E-state index in [9.17, 15) is 0 Å². The summed E-state index contributed by atoms with van der Waals surface area (Å²) in [6.45, 7) is 6.52. The second-order valence-electron chi connectivity index (χ2n) is 5.84. The van der Waals surface area contributed by atoms with Gasteiger partial charge < -0.3 is 34.9 Å². The molecule has 0 spiro atoms. The summed E-state index contributed by atoms with van der Waals surface area (Å²) in [6.07, 6.45) is 5.97. The highest BCUT2D eigenvalue weighted by Crippen LogP contribution is 2.19. The predicted octanol–water partition coefficient (Wildman–Crippen LogP) is -3.15. The van der Waals surface area contributed by atoms with Gasteiger partial charge in [-0.15, -0.1) is 0 Å². The molecule has 1 aliphatic heterocycles. The fourth-order valence-corrected chi connectivity index (χ4v) is 3.09. The zero-order chi connectivity index (χ0) is 15.9. The average molecular weight is 383 g/mol. The molecule has 0 saturated carbocycles. The number of benzene rings is 1. The third-order valence-electron chi connectivity index (χ3n) is 4.26. The van der Waals surface area contributed by atoms with Gasteiger partial charge in [-0.05, 0) is 49.7 Å². The molecule has 0 radical (unpaired) electrons. The molecule has 1 N–H and O–H groups in total. The highest BCUT2D eigenvalue weighted by molar-refractivity contribution is 5.30. The summed E-state index contributed by atoms with van der Waals surface area (Å²) >= 11 is 0. The first-order valence-corrected chi connectivity index (χ1v) is 8.33. The number of likely N-dealkylation sites (N-methyl/N-ethyl adjacent to an activating group) is 1. The summed E-state index contributed by atoms with van der Waals surface area (Å²) < 4.78 is 5.67. The van der Waals surface area contributed by atoms with Gasteiger partial charge in [-0.2, -0.15) is 0 Å². The van der Waals surface area contributed by atoms with Gasteiger partial charge >= 0.3 is 6.01 Å². The fraction of sp³-hybridized carbons (Fsp3) is 0.444. The molecule has 2 aromatic rings. The standard InChI is InChI=1S/C18H24N4O.2ClH/c1-2-22-11-4-7-16(22)14-19-13-15-6-3-8-17(12-15)23-18-20-9-5-10-21-18;;/h3,5-6,8-10,12,16,19H,2,4,7,11,13-14H2,1H3;2*1H/p-2. The summed E-state index contributed by atoms with van der Waals surface area (Å²) in [5.74, 6) is 0.770. The summed E-state index contributed by atoms with van der Waals surface area (Å²) in [4.78, 5) is 10.7. The molecule has 1 aromatic carbocycles. The Morgan fingerprint density at radius 3 is 2.76 bits per heavy atom. The van der Waals surface area contributed by atoms with Gasteiger partial charge in [0.25, 0.3) is 0 Å². The fourth-order valence-electron chi connectivity index (χ4n) is 3.09. The third-order valence-corrected chi connectivity index (χ3v) is 4.26. The Morgan fingerprint density at radius 1 is 1.20 bits per heavy atom. The Kier molecular flexibility index (Phi) is 9.75. The van der Waals surface area contributed by atoms with E-state index in [1.54, 1.807) is 18.5 Å². The van der Waals surface area contributed by atoms with Crippen molar-refractivity contribution in [2.75, 3.05) is 19.6 Å². The second kappa shape index (κ2) is 11.3. The zero-order valence-corrected chi connectivity index (χ0v) is 15.9. The predicted molar refractivity (Wildman–Crippen MR) is 90.5 cm³/mol. The van der Waals surface area contributed by atoms with Crippen molar-refractivity contribution in [3.63, 3.8) is 0 Å². The molecular weight excluding hydrogens is 359 g/mol. The van der Waals surface area contributed by atoms with Crippen molar-refractivity contribution >= 4 is 0 Å². The molecule has 3 rings (SSSR count). The summed E-state index contributed by atoms with van der Waals surface area (Å²) in [5, 5.41) is 3.57. The molecular formula is C18H24Cl2N4O-2. The van der Waals surface area contributed by atoms with E-state index in [4.69, 9.17) is 4.74 Å². The Labute approximate surface area is 162 Å². The van der Waals surface area contributed by atoms with Gasteiger partial charge in [0, 0.05) is 31.5 Å². The monoisotopic (exact) mass is 382 g/mol. The molecule has 7 heteroatoms. The van der Waals surface area contributed by atoms with Crippen LogP contribution in [0.4, 0.5) is 0 Å². The molecule has 1 saturated heterocycles. The Morgan fingerprint density at radius 2 is 2.00 bits per heavy atom. The number of likely N-dealkylation sites (tertiary alicyclic amines) is 1. The lowest BCUT2D eigenvalue weighted by molar-refractivity contribution is -0.00100. The number of halogens is 2. The maximum Gasteiger partial charge on any atom is 0.321 e. The molecule has 0 amide bonds. The SMILES string of the molecule is CCN1CCCC1CNCc1cccc(Oc2ncccn2)c1.[Cl-].[Cl-]. The number of aromatic nitrogens is 2. The summed E-state index contributed by atoms with van der Waals surface area (Å²) in [7, 11) is 0. The second-order valence-corrected chi connectivity index (χ2v) is 5.84. The first kappa shape index (κ1) is 21.6. The summed E-state index contributed by atoms with van der Waals surface area (Å²) in [6, 6.07) is 10.9. The minimum absolute atomic E-state index is 0. The van der Waals surface area contributed by atoms with Crippen LogP contribution in [-0.2, 0) is 6.54 Å². The Balaban J connectivity index is 0.00000156. The van der Waals surface area contributed by atoms with Crippen LogP contribution in [0.5, 0.6) is 11.8 Å². The van der Waals surface area contributed by atoms with E-state index < -0.39 is 0 Å². The Hall–Kier alpha value is -1.40. The topological polar surface area (TPSA) is 50.3 Å². The van der Waals surface area contributed by atoms with Crippen molar-refractivity contribution in [1.29, 1.82) is 0 Å². The molecule has 1 aromatic heterocycles. The number of nitrogens with one attached hydrogen (secondary N) is 1. The minimum Gasteiger partial charge on any atom is -1.00 e. The van der Waals surface area contributed by atoms with Gasteiger partial charge in [-0.1, -0.05) is 19.1 Å². The van der Waals surface area contributed by atoms with Crippen molar-refractivity contribution in [3.8, 4) is 11.8 Å². The van der Waals surface area contributed by atoms with Gasteiger partial charge in [0.2, 0.25) is 0 Å². The van der Waals surface area contributed by atoms with E-state index in [0.29, 0.717) is 12.1 Å². The number of ether oxygens (including phenoxy) is 1. The van der Waals surface area contributed by atoms with Crippen LogP contribution in [0.1, 0.15) is 25.3 Å². The molecule has 1 atom stereocenters. The Bertz CT molecular complexity index is 615. The number of nitrogens with zero attached hydrogens (tertiary/aromatic N) is 3. The van der Waals surface area contributed by atoms with Crippen LogP contribution in [0, 0.1) is 0 Å². The van der Waals surface area contributed by atoms with E-state index >= 15 is 0 Å². The maximum absolute atomic E-state index is 5.67. The zero-order valence-electron chi connectivity index (χ0n) is 14.4. The van der Waals surface area contributed by atoms with Crippen LogP contribution < -0.4 is 34.9 Å². The molecule has 1 aliphatic rings. The molecule has 25 heavy (non-hydrogen) atoms. The minimum atomic E-state index is 0. The van der Waals surface area contributed by atoms with E-state index in [1.165, 1.54) is 24.9 Å². The molecule has 0 bridgehead atoms. The molecule has 1 fully saturated rings. The number of hydrogen-bond donors (Lipinski definition) is 1. The van der Waals surface area contributed by atoms with Crippen LogP contribution in [0.15, 0.2) is 42.7 Å². The molecule has 2 heterocycles. The molecule has 0 aliphatic carbocycles. The molecule has 5 nitrogen and oxygen atoms in total. The van der Waals surface area contributed by atoms with Crippen molar-refractivity contribution in [2.24, 2.45) is 0 Å². The lowest BCUT2D eigenvalue weighted by Crippen LogP contribution is -3.00. The normalized spacial score (nSPS) is 16.8. The highest BCUT2D eigenvalue weighted by atomic mass is 35.5. The van der Waals surface area contributed by atoms with E-state index in [2.05, 4.69) is 33.2 Å². The van der Waals surface area contributed by atoms with Gasteiger partial charge in [-0.25, -0.2) is 9.97 Å². The number of hydrogen-bond acceptors (Lipinski definition) is 5. The van der Waals surface area contributed by atoms with Crippen LogP contribution in [0.25, 0.3) is 0 Å². The highest BCUT2D eigenvalue weighted by Gasteiger charge is 2.21. The lowest BCUT2D eigenvalue weighted by atomic mass is 10.2. The quantitative estimate of drug-likeness (QED) is 0.548. The first-order chi connectivity index (χ1) is 11.3. The van der Waals surface area contributed by atoms with Gasteiger partial charge in [0.05, 0.1) is 0 Å². The summed E-state index contributed by atoms with van der Waals surface area (Å²) in [5.41, 5.74) is 1.21. The average Bonchev–Trinajstić information content (AvgIpc) is 3.04. The molecule has 1 unspecified atom stereocenters. The van der Waals surface area contributed by atoms with Crippen LogP contribution in [0.3, 0.4) is 0 Å². The van der Waals surface area contributed by atoms with Crippen molar-refractivity contribution in [2.45, 2.75) is 32.4 Å². The smallest absolute Gasteiger partial charge is 0.321 e. The third kappa shape index (κ3) is 6.44. The largest absolute Gasteiger partial charge is 1.00 e. The van der Waals surface area contributed by atoms with Crippen molar-refractivity contribution < 1.29 is 29.6 Å². The van der Waals surface area contributed by atoms with E-state index in [0.717, 1.165) is 25.4 Å². The van der Waals surface area contributed by atoms with Crippen molar-refractivity contribution in [3.05, 3.63) is 48.3 Å². The van der Waals surface area contributed by atoms with Crippen LogP contribution >= 0.6 is 0 Å². The van der Waals surface area contributed by atoms with E-state index in [-0.39, 0.29) is 24.8 Å². The lowest BCUT2D eigenvalue weighted by Gasteiger charge is -2.23. The van der Waals surface area contributed by atoms with Crippen molar-refractivity contribution in [1.82, 2.24) is 20.2 Å². The van der Waals surface area contributed by atoms with Crippen LogP contribution in [-0.4, -0.2) is 40.5 Å². The van der Waals surface area contributed by atoms with Crippen LogP contribution in [0.2, 0.25) is 0 Å².